The van der Waals surface area contributed by atoms with Gasteiger partial charge in [-0.15, -0.1) is 11.3 Å². The Kier molecular flexibility index (Phi) is 3.28. The van der Waals surface area contributed by atoms with Crippen LogP contribution in [0.5, 0.6) is 0 Å². The zero-order valence-corrected chi connectivity index (χ0v) is 12.8. The third kappa shape index (κ3) is 2.24. The molecule has 1 aliphatic rings. The predicted molar refractivity (Wildman–Crippen MR) is 88.3 cm³/mol. The van der Waals surface area contributed by atoms with Crippen molar-refractivity contribution in [2.75, 3.05) is 0 Å². The SMILES string of the molecule is N#CC(=C1CCCC1)c1nc(-c2cc3ccccc3o2)cs1. The molecule has 0 radical (unpaired) electrons. The number of rotatable bonds is 2. The Labute approximate surface area is 132 Å². The summed E-state index contributed by atoms with van der Waals surface area (Å²) in [4.78, 5) is 4.64. The number of furan rings is 1. The van der Waals surface area contributed by atoms with E-state index in [1.165, 1.54) is 29.8 Å². The lowest BCUT2D eigenvalue weighted by molar-refractivity contribution is 0.629. The predicted octanol–water partition coefficient (Wildman–Crippen LogP) is 5.41. The Hall–Kier alpha value is -2.38. The maximum absolute atomic E-state index is 9.47. The van der Waals surface area contributed by atoms with Crippen LogP contribution < -0.4 is 0 Å². The molecule has 4 heteroatoms. The fraction of sp³-hybridized carbons (Fsp3) is 0.222. The quantitative estimate of drug-likeness (QED) is 0.595. The van der Waals surface area contributed by atoms with Gasteiger partial charge in [0.25, 0.3) is 0 Å². The molecule has 22 heavy (non-hydrogen) atoms. The van der Waals surface area contributed by atoms with Gasteiger partial charge in [-0.25, -0.2) is 4.98 Å². The number of fused-ring (bicyclic) bond motifs is 1. The van der Waals surface area contributed by atoms with Crippen LogP contribution in [0.2, 0.25) is 0 Å². The first-order valence-corrected chi connectivity index (χ1v) is 8.30. The van der Waals surface area contributed by atoms with Gasteiger partial charge in [0.2, 0.25) is 0 Å². The van der Waals surface area contributed by atoms with E-state index in [1.54, 1.807) is 0 Å². The summed E-state index contributed by atoms with van der Waals surface area (Å²) in [6.45, 7) is 0. The molecule has 0 unspecified atom stereocenters. The maximum Gasteiger partial charge on any atom is 0.154 e. The van der Waals surface area contributed by atoms with Crippen molar-refractivity contribution in [1.29, 1.82) is 5.26 Å². The molecule has 0 spiro atoms. The summed E-state index contributed by atoms with van der Waals surface area (Å²) in [6.07, 6.45) is 4.43. The second-order valence-corrected chi connectivity index (χ2v) is 6.34. The molecule has 4 rings (SSSR count). The molecule has 0 saturated heterocycles. The van der Waals surface area contributed by atoms with Crippen molar-refractivity contribution in [3.63, 3.8) is 0 Å². The van der Waals surface area contributed by atoms with Crippen LogP contribution in [-0.2, 0) is 0 Å². The highest BCUT2D eigenvalue weighted by Crippen LogP contribution is 2.35. The van der Waals surface area contributed by atoms with E-state index in [0.29, 0.717) is 0 Å². The molecule has 2 aromatic heterocycles. The van der Waals surface area contributed by atoms with Crippen LogP contribution in [0.1, 0.15) is 30.7 Å². The Balaban J connectivity index is 1.75. The van der Waals surface area contributed by atoms with Crippen LogP contribution >= 0.6 is 11.3 Å². The van der Waals surface area contributed by atoms with Crippen LogP contribution in [0.3, 0.4) is 0 Å². The van der Waals surface area contributed by atoms with E-state index in [0.717, 1.165) is 45.8 Å². The monoisotopic (exact) mass is 306 g/mol. The number of para-hydroxylation sites is 1. The number of nitriles is 1. The number of aromatic nitrogens is 1. The summed E-state index contributed by atoms with van der Waals surface area (Å²) in [7, 11) is 0. The maximum atomic E-state index is 9.47. The number of hydrogen-bond donors (Lipinski definition) is 0. The van der Waals surface area contributed by atoms with Gasteiger partial charge in [0.15, 0.2) is 5.76 Å². The molecule has 1 fully saturated rings. The van der Waals surface area contributed by atoms with Crippen molar-refractivity contribution >= 4 is 27.9 Å². The molecule has 3 nitrogen and oxygen atoms in total. The van der Waals surface area contributed by atoms with E-state index in [1.807, 2.05) is 35.7 Å². The van der Waals surface area contributed by atoms with Crippen molar-refractivity contribution in [2.24, 2.45) is 0 Å². The Bertz CT molecular complexity index is 869. The van der Waals surface area contributed by atoms with E-state index in [-0.39, 0.29) is 0 Å². The van der Waals surface area contributed by atoms with E-state index in [2.05, 4.69) is 11.1 Å². The van der Waals surface area contributed by atoms with Crippen LogP contribution in [0.15, 0.2) is 45.7 Å². The summed E-state index contributed by atoms with van der Waals surface area (Å²) < 4.78 is 5.85. The third-order valence-corrected chi connectivity index (χ3v) is 4.93. The average molecular weight is 306 g/mol. The van der Waals surface area contributed by atoms with E-state index < -0.39 is 0 Å². The Morgan fingerprint density at radius 1 is 1.23 bits per heavy atom. The zero-order valence-electron chi connectivity index (χ0n) is 12.0. The van der Waals surface area contributed by atoms with Crippen LogP contribution in [0.4, 0.5) is 0 Å². The van der Waals surface area contributed by atoms with Crippen molar-refractivity contribution < 1.29 is 4.42 Å². The van der Waals surface area contributed by atoms with Gasteiger partial charge in [-0.05, 0) is 43.4 Å². The highest BCUT2D eigenvalue weighted by molar-refractivity contribution is 7.11. The van der Waals surface area contributed by atoms with Crippen molar-refractivity contribution in [2.45, 2.75) is 25.7 Å². The first-order valence-electron chi connectivity index (χ1n) is 7.42. The van der Waals surface area contributed by atoms with E-state index >= 15 is 0 Å². The second-order valence-electron chi connectivity index (χ2n) is 5.48. The Morgan fingerprint density at radius 2 is 2.05 bits per heavy atom. The second kappa shape index (κ2) is 5.43. The molecular weight excluding hydrogens is 292 g/mol. The molecule has 2 heterocycles. The third-order valence-electron chi connectivity index (χ3n) is 4.07. The number of thiazole rings is 1. The minimum absolute atomic E-state index is 0.761. The Morgan fingerprint density at radius 3 is 2.82 bits per heavy atom. The van der Waals surface area contributed by atoms with Crippen molar-refractivity contribution in [3.05, 3.63) is 46.3 Å². The number of hydrogen-bond acceptors (Lipinski definition) is 4. The minimum Gasteiger partial charge on any atom is -0.454 e. The number of nitrogens with zero attached hydrogens (tertiary/aromatic N) is 2. The molecule has 0 amide bonds. The largest absolute Gasteiger partial charge is 0.454 e. The first-order chi connectivity index (χ1) is 10.8. The normalized spacial score (nSPS) is 14.4. The van der Waals surface area contributed by atoms with Crippen LogP contribution in [0, 0.1) is 11.3 Å². The zero-order chi connectivity index (χ0) is 14.9. The molecule has 0 bridgehead atoms. The molecule has 108 valence electrons. The van der Waals surface area contributed by atoms with Gasteiger partial charge in [0.05, 0.1) is 5.57 Å². The lowest BCUT2D eigenvalue weighted by atomic mass is 10.1. The van der Waals surface area contributed by atoms with Crippen LogP contribution in [0.25, 0.3) is 28.0 Å². The minimum atomic E-state index is 0.761. The summed E-state index contributed by atoms with van der Waals surface area (Å²) in [5.41, 5.74) is 3.70. The summed E-state index contributed by atoms with van der Waals surface area (Å²) in [6, 6.07) is 12.3. The van der Waals surface area contributed by atoms with Gasteiger partial charge in [0.1, 0.15) is 22.4 Å². The van der Waals surface area contributed by atoms with E-state index in [4.69, 9.17) is 4.42 Å². The van der Waals surface area contributed by atoms with E-state index in [9.17, 15) is 5.26 Å². The molecule has 0 aliphatic heterocycles. The molecule has 1 aromatic carbocycles. The van der Waals surface area contributed by atoms with Gasteiger partial charge >= 0.3 is 0 Å². The summed E-state index contributed by atoms with van der Waals surface area (Å²) in [5, 5.41) is 13.3. The van der Waals surface area contributed by atoms with Gasteiger partial charge < -0.3 is 4.42 Å². The fourth-order valence-electron chi connectivity index (χ4n) is 2.94. The standard InChI is InChI=1S/C18H14N2OS/c19-10-14(12-5-1-2-6-12)18-20-15(11-22-18)17-9-13-7-3-4-8-16(13)21-17/h3-4,7-9,11H,1-2,5-6H2. The highest BCUT2D eigenvalue weighted by atomic mass is 32.1. The van der Waals surface area contributed by atoms with Crippen molar-refractivity contribution in [3.8, 4) is 17.5 Å². The molecular formula is C18H14N2OS. The smallest absolute Gasteiger partial charge is 0.154 e. The molecule has 1 saturated carbocycles. The lowest BCUT2D eigenvalue weighted by Crippen LogP contribution is -1.86. The molecule has 1 aliphatic carbocycles. The van der Waals surface area contributed by atoms with Crippen molar-refractivity contribution in [1.82, 2.24) is 4.98 Å². The van der Waals surface area contributed by atoms with Gasteiger partial charge in [-0.1, -0.05) is 18.2 Å². The van der Waals surface area contributed by atoms with Gasteiger partial charge in [-0.3, -0.25) is 0 Å². The fourth-order valence-corrected chi connectivity index (χ4v) is 3.79. The topological polar surface area (TPSA) is 49.8 Å². The number of allylic oxidation sites excluding steroid dienone is 2. The highest BCUT2D eigenvalue weighted by Gasteiger charge is 2.18. The molecule has 0 N–H and O–H groups in total. The summed E-state index contributed by atoms with van der Waals surface area (Å²) in [5.74, 6) is 0.761. The summed E-state index contributed by atoms with van der Waals surface area (Å²) >= 11 is 1.52. The van der Waals surface area contributed by atoms with Crippen LogP contribution in [-0.4, -0.2) is 4.98 Å². The number of benzene rings is 1. The van der Waals surface area contributed by atoms with Gasteiger partial charge in [-0.2, -0.15) is 5.26 Å². The van der Waals surface area contributed by atoms with Gasteiger partial charge in [0, 0.05) is 10.8 Å². The first kappa shape index (κ1) is 13.3. The molecule has 0 atom stereocenters. The lowest BCUT2D eigenvalue weighted by Gasteiger charge is -1.98. The average Bonchev–Trinajstić information content (AvgIpc) is 3.28. The molecule has 3 aromatic rings.